The van der Waals surface area contributed by atoms with Crippen molar-refractivity contribution in [2.24, 2.45) is 0 Å². The molecule has 0 aliphatic rings. The summed E-state index contributed by atoms with van der Waals surface area (Å²) in [6.45, 7) is 3.47. The molecule has 10 heteroatoms. The molecule has 1 aromatic carbocycles. The summed E-state index contributed by atoms with van der Waals surface area (Å²) in [6.07, 6.45) is 1.03. The molecule has 0 spiro atoms. The molecule has 1 unspecified atom stereocenters. The summed E-state index contributed by atoms with van der Waals surface area (Å²) in [5.74, 6) is 0.635. The Bertz CT molecular complexity index is 1130. The summed E-state index contributed by atoms with van der Waals surface area (Å²) < 4.78 is 47.1. The Balaban J connectivity index is 1.81. The zero-order chi connectivity index (χ0) is 25.0. The fourth-order valence-corrected chi connectivity index (χ4v) is 3.94. The summed E-state index contributed by atoms with van der Waals surface area (Å²) in [5.41, 5.74) is 3.39. The minimum atomic E-state index is -4.44. The summed E-state index contributed by atoms with van der Waals surface area (Å²) in [7, 11) is 4.27. The van der Waals surface area contributed by atoms with Crippen molar-refractivity contribution in [3.63, 3.8) is 0 Å². The Labute approximate surface area is 197 Å². The number of nitrogens with zero attached hydrogens (tertiary/aromatic N) is 4. The van der Waals surface area contributed by atoms with Crippen molar-refractivity contribution >= 4 is 11.7 Å². The van der Waals surface area contributed by atoms with E-state index in [1.54, 1.807) is 20.2 Å². The third-order valence-corrected chi connectivity index (χ3v) is 5.89. The maximum atomic E-state index is 13.2. The largest absolute Gasteiger partial charge is 0.493 e. The topological polar surface area (TPSA) is 62.1 Å². The Hall–Kier alpha value is -3.27. The molecule has 3 aromatic rings. The van der Waals surface area contributed by atoms with Gasteiger partial charge in [-0.3, -0.25) is 4.90 Å². The molecule has 184 valence electrons. The van der Waals surface area contributed by atoms with E-state index in [4.69, 9.17) is 4.74 Å². The summed E-state index contributed by atoms with van der Waals surface area (Å²) >= 11 is 0. The van der Waals surface area contributed by atoms with E-state index in [2.05, 4.69) is 10.3 Å². The van der Waals surface area contributed by atoms with Gasteiger partial charge in [-0.05, 0) is 51.2 Å². The number of aromatic nitrogens is 2. The Morgan fingerprint density at radius 1 is 1.24 bits per heavy atom. The molecule has 2 atom stereocenters. The van der Waals surface area contributed by atoms with Crippen molar-refractivity contribution in [3.8, 4) is 16.9 Å². The highest BCUT2D eigenvalue weighted by Crippen LogP contribution is 2.30. The number of urea groups is 1. The zero-order valence-corrected chi connectivity index (χ0v) is 19.9. The number of likely N-dealkylation sites (N-methyl/N-ethyl adjacent to an activating group) is 1. The number of fused-ring (bicyclic) bond motifs is 1. The van der Waals surface area contributed by atoms with Crippen molar-refractivity contribution in [2.75, 3.05) is 34.3 Å². The first kappa shape index (κ1) is 25.4. The van der Waals surface area contributed by atoms with Crippen LogP contribution in [-0.4, -0.2) is 71.7 Å². The molecule has 0 radical (unpaired) electrons. The number of carbonyl (C=O) groups is 1. The first-order valence-corrected chi connectivity index (χ1v) is 11.0. The average molecular weight is 478 g/mol. The highest BCUT2D eigenvalue weighted by molar-refractivity contribution is 5.75. The van der Waals surface area contributed by atoms with Gasteiger partial charge < -0.3 is 19.4 Å². The van der Waals surface area contributed by atoms with E-state index in [1.165, 1.54) is 19.0 Å². The van der Waals surface area contributed by atoms with Crippen molar-refractivity contribution < 1.29 is 22.7 Å². The monoisotopic (exact) mass is 477 g/mol. The van der Waals surface area contributed by atoms with Crippen LogP contribution in [0.1, 0.15) is 25.5 Å². The van der Waals surface area contributed by atoms with Gasteiger partial charge in [0.05, 0.1) is 13.2 Å². The highest BCUT2D eigenvalue weighted by atomic mass is 19.4. The molecule has 2 amide bonds. The number of benzene rings is 1. The van der Waals surface area contributed by atoms with Gasteiger partial charge in [-0.25, -0.2) is 9.78 Å². The van der Waals surface area contributed by atoms with E-state index in [0.29, 0.717) is 17.9 Å². The number of hydrogen-bond acceptors (Lipinski definition) is 4. The molecule has 2 aromatic heterocycles. The smallest absolute Gasteiger partial charge is 0.405 e. The maximum Gasteiger partial charge on any atom is 0.405 e. The lowest BCUT2D eigenvalue weighted by Crippen LogP contribution is -2.52. The Morgan fingerprint density at radius 2 is 1.97 bits per heavy atom. The number of alkyl halides is 3. The van der Waals surface area contributed by atoms with Gasteiger partial charge >= 0.3 is 12.2 Å². The van der Waals surface area contributed by atoms with Crippen molar-refractivity contribution in [1.29, 1.82) is 0 Å². The first-order chi connectivity index (χ1) is 16.1. The highest BCUT2D eigenvalue weighted by Gasteiger charge is 2.41. The normalized spacial score (nSPS) is 13.7. The molecule has 3 rings (SSSR count). The van der Waals surface area contributed by atoms with Crippen LogP contribution in [0.4, 0.5) is 18.0 Å². The van der Waals surface area contributed by atoms with Crippen LogP contribution in [0.15, 0.2) is 48.9 Å². The maximum absolute atomic E-state index is 13.2. The molecule has 0 aliphatic heterocycles. The number of nitrogens with one attached hydrogen (secondary N) is 1. The van der Waals surface area contributed by atoms with Gasteiger partial charge in [-0.15, -0.1) is 0 Å². The van der Waals surface area contributed by atoms with Gasteiger partial charge in [0.1, 0.15) is 6.04 Å². The third kappa shape index (κ3) is 5.44. The fourth-order valence-electron chi connectivity index (χ4n) is 3.94. The number of imidazole rings is 1. The van der Waals surface area contributed by atoms with E-state index in [9.17, 15) is 18.0 Å². The molecule has 34 heavy (non-hydrogen) atoms. The van der Waals surface area contributed by atoms with Gasteiger partial charge in [-0.1, -0.05) is 18.2 Å². The molecule has 7 nitrogen and oxygen atoms in total. The van der Waals surface area contributed by atoms with E-state index in [-0.39, 0.29) is 6.04 Å². The van der Waals surface area contributed by atoms with Crippen LogP contribution in [0, 0.1) is 0 Å². The van der Waals surface area contributed by atoms with Crippen LogP contribution in [0.2, 0.25) is 0 Å². The molecule has 2 heterocycles. The predicted molar refractivity (Wildman–Crippen MR) is 125 cm³/mol. The quantitative estimate of drug-likeness (QED) is 0.515. The second-order valence-electron chi connectivity index (χ2n) is 8.25. The minimum Gasteiger partial charge on any atom is -0.493 e. The lowest BCUT2D eigenvalue weighted by Gasteiger charge is -2.31. The molecule has 0 aliphatic carbocycles. The average Bonchev–Trinajstić information content (AvgIpc) is 3.26. The number of amides is 2. The van der Waals surface area contributed by atoms with Crippen molar-refractivity contribution in [3.05, 3.63) is 54.5 Å². The van der Waals surface area contributed by atoms with E-state index >= 15 is 0 Å². The minimum absolute atomic E-state index is 0.338. The van der Waals surface area contributed by atoms with Crippen molar-refractivity contribution in [2.45, 2.75) is 32.1 Å². The van der Waals surface area contributed by atoms with Gasteiger partial charge in [0.25, 0.3) is 0 Å². The number of ether oxygens (including phenoxy) is 1. The number of hydrogen-bond donors (Lipinski definition) is 1. The van der Waals surface area contributed by atoms with Gasteiger partial charge in [0, 0.05) is 37.2 Å². The van der Waals surface area contributed by atoms with Gasteiger partial charge in [0.15, 0.2) is 11.4 Å². The molecule has 0 bridgehead atoms. The first-order valence-electron chi connectivity index (χ1n) is 11.0. The number of pyridine rings is 1. The second kappa shape index (κ2) is 10.3. The van der Waals surface area contributed by atoms with Crippen LogP contribution in [0.5, 0.6) is 5.75 Å². The molecular weight excluding hydrogens is 447 g/mol. The van der Waals surface area contributed by atoms with Crippen LogP contribution in [0.25, 0.3) is 16.8 Å². The van der Waals surface area contributed by atoms with Crippen LogP contribution >= 0.6 is 0 Å². The van der Waals surface area contributed by atoms with Crippen LogP contribution < -0.4 is 10.1 Å². The van der Waals surface area contributed by atoms with Crippen molar-refractivity contribution in [1.82, 2.24) is 24.5 Å². The van der Waals surface area contributed by atoms with Crippen LogP contribution in [0.3, 0.4) is 0 Å². The molecule has 0 fully saturated rings. The lowest BCUT2D eigenvalue weighted by atomic mass is 10.00. The number of carbonyl (C=O) groups excluding carboxylic acids is 1. The number of halogens is 3. The fraction of sp³-hybridized carbons (Fsp3) is 0.417. The summed E-state index contributed by atoms with van der Waals surface area (Å²) in [5, 5.41) is 2.45. The summed E-state index contributed by atoms with van der Waals surface area (Å²) in [6, 6.07) is 6.95. The Morgan fingerprint density at radius 3 is 2.59 bits per heavy atom. The number of rotatable bonds is 8. The standard InChI is InChI=1S/C24H30F3N5O2/c1-6-32(23(33)29-14-21(30(3)4)24(25,26)27)16(2)17-8-7-9-18(12-17)19-13-20(34-5)22-28-10-11-31(22)15-19/h7-13,15-16,21H,6,14H2,1-5H3,(H,29,33)/t16-,21?/m1/s1. The van der Waals surface area contributed by atoms with E-state index < -0.39 is 24.8 Å². The van der Waals surface area contributed by atoms with E-state index in [0.717, 1.165) is 21.6 Å². The predicted octanol–water partition coefficient (Wildman–Crippen LogP) is 4.59. The Kier molecular flexibility index (Phi) is 7.71. The SMILES string of the molecule is CCN(C(=O)NCC(N(C)C)C(F)(F)F)[C@H](C)c1cccc(-c2cc(OC)c3nccn3c2)c1. The molecule has 1 N–H and O–H groups in total. The number of methoxy groups -OCH3 is 1. The summed E-state index contributed by atoms with van der Waals surface area (Å²) in [4.78, 5) is 19.7. The van der Waals surface area contributed by atoms with E-state index in [1.807, 2.05) is 54.0 Å². The third-order valence-electron chi connectivity index (χ3n) is 5.89. The molecular formula is C24H30F3N5O2. The van der Waals surface area contributed by atoms with Gasteiger partial charge in [-0.2, -0.15) is 13.2 Å². The van der Waals surface area contributed by atoms with Crippen LogP contribution in [-0.2, 0) is 0 Å². The zero-order valence-electron chi connectivity index (χ0n) is 19.9. The second-order valence-corrected chi connectivity index (χ2v) is 8.25. The molecule has 0 saturated heterocycles. The van der Waals surface area contributed by atoms with Gasteiger partial charge in [0.2, 0.25) is 0 Å². The lowest BCUT2D eigenvalue weighted by molar-refractivity contribution is -0.175. The molecule has 0 saturated carbocycles.